The zero-order valence-corrected chi connectivity index (χ0v) is 19.1. The van der Waals surface area contributed by atoms with Crippen molar-refractivity contribution in [1.82, 2.24) is 9.55 Å². The Bertz CT molecular complexity index is 1100. The van der Waals surface area contributed by atoms with E-state index in [0.717, 1.165) is 28.2 Å². The second kappa shape index (κ2) is 8.23. The first kappa shape index (κ1) is 21.4. The Morgan fingerprint density at radius 1 is 1.10 bits per heavy atom. The van der Waals surface area contributed by atoms with E-state index in [4.69, 9.17) is 4.98 Å². The maximum absolute atomic E-state index is 13.5. The van der Waals surface area contributed by atoms with Crippen molar-refractivity contribution in [3.05, 3.63) is 50.9 Å². The topological polar surface area (TPSA) is 52.0 Å². The quantitative estimate of drug-likeness (QED) is 0.537. The number of nitrogens with zero attached hydrogens (tertiary/aromatic N) is 2. The van der Waals surface area contributed by atoms with E-state index < -0.39 is 0 Å². The van der Waals surface area contributed by atoms with Crippen LogP contribution in [0.2, 0.25) is 0 Å². The van der Waals surface area contributed by atoms with Gasteiger partial charge in [-0.2, -0.15) is 0 Å². The molecule has 0 atom stereocenters. The lowest BCUT2D eigenvalue weighted by molar-refractivity contribution is -0.117. The summed E-state index contributed by atoms with van der Waals surface area (Å²) in [5, 5.41) is 0.691. The zero-order chi connectivity index (χ0) is 21.3. The van der Waals surface area contributed by atoms with Gasteiger partial charge < -0.3 is 0 Å². The highest BCUT2D eigenvalue weighted by molar-refractivity contribution is 7.19. The highest BCUT2D eigenvalue weighted by atomic mass is 32.1. The van der Waals surface area contributed by atoms with Gasteiger partial charge in [0.15, 0.2) is 0 Å². The molecule has 0 amide bonds. The van der Waals surface area contributed by atoms with Crippen LogP contribution < -0.4 is 5.56 Å². The number of rotatable bonds is 6. The van der Waals surface area contributed by atoms with E-state index in [2.05, 4.69) is 52.0 Å². The van der Waals surface area contributed by atoms with E-state index in [1.54, 1.807) is 22.8 Å². The molecular weight excluding hydrogens is 380 g/mol. The summed E-state index contributed by atoms with van der Waals surface area (Å²) in [5.41, 5.74) is 3.38. The maximum atomic E-state index is 13.5. The van der Waals surface area contributed by atoms with Gasteiger partial charge in [0.1, 0.15) is 16.4 Å². The van der Waals surface area contributed by atoms with E-state index in [9.17, 15) is 9.59 Å². The van der Waals surface area contributed by atoms with Crippen molar-refractivity contribution in [2.75, 3.05) is 0 Å². The van der Waals surface area contributed by atoms with E-state index in [1.165, 1.54) is 10.4 Å². The second-order valence-electron chi connectivity index (χ2n) is 8.55. The number of hydrogen-bond acceptors (Lipinski definition) is 4. The minimum atomic E-state index is -0.0288. The molecule has 2 heterocycles. The molecule has 0 N–H and O–H groups in total. The van der Waals surface area contributed by atoms with Crippen LogP contribution in [0.5, 0.6) is 0 Å². The van der Waals surface area contributed by atoms with Crippen LogP contribution in [0.25, 0.3) is 21.3 Å². The van der Waals surface area contributed by atoms with Gasteiger partial charge in [-0.15, -0.1) is 11.3 Å². The van der Waals surface area contributed by atoms with Crippen LogP contribution in [0.15, 0.2) is 29.1 Å². The monoisotopic (exact) mass is 410 g/mol. The number of carbonyl (C=O) groups excluding carboxylic acids is 1. The third kappa shape index (κ3) is 4.20. The maximum Gasteiger partial charge on any atom is 0.262 e. The third-order valence-corrected chi connectivity index (χ3v) is 6.56. The predicted octanol–water partition coefficient (Wildman–Crippen LogP) is 5.53. The van der Waals surface area contributed by atoms with Crippen molar-refractivity contribution >= 4 is 27.3 Å². The molecule has 0 saturated heterocycles. The molecule has 0 aliphatic rings. The van der Waals surface area contributed by atoms with Gasteiger partial charge in [-0.05, 0) is 29.9 Å². The van der Waals surface area contributed by atoms with Crippen molar-refractivity contribution in [3.8, 4) is 11.1 Å². The summed E-state index contributed by atoms with van der Waals surface area (Å²) in [5.74, 6) is 0.832. The number of fused-ring (bicyclic) bond motifs is 1. The lowest BCUT2D eigenvalue weighted by Crippen LogP contribution is -2.26. The van der Waals surface area contributed by atoms with Crippen molar-refractivity contribution in [2.24, 2.45) is 0 Å². The smallest absolute Gasteiger partial charge is 0.262 e. The largest absolute Gasteiger partial charge is 0.300 e. The Balaban J connectivity index is 2.24. The molecule has 3 aromatic rings. The average molecular weight is 411 g/mol. The fourth-order valence-corrected chi connectivity index (χ4v) is 4.78. The molecule has 0 aliphatic heterocycles. The normalized spacial score (nSPS) is 11.9. The molecule has 4 nitrogen and oxygen atoms in total. The van der Waals surface area contributed by atoms with Crippen LogP contribution in [-0.2, 0) is 29.6 Å². The number of aryl methyl sites for hydroxylation is 2. The molecular formula is C24H30N2O2S. The van der Waals surface area contributed by atoms with Crippen molar-refractivity contribution in [1.29, 1.82) is 0 Å². The van der Waals surface area contributed by atoms with Crippen LogP contribution in [0.1, 0.15) is 64.2 Å². The van der Waals surface area contributed by atoms with Gasteiger partial charge in [-0.3, -0.25) is 14.2 Å². The van der Waals surface area contributed by atoms with Crippen molar-refractivity contribution < 1.29 is 4.79 Å². The molecule has 2 aromatic heterocycles. The summed E-state index contributed by atoms with van der Waals surface area (Å²) in [7, 11) is 0. The second-order valence-corrected chi connectivity index (χ2v) is 9.64. The zero-order valence-electron chi connectivity index (χ0n) is 18.3. The molecule has 5 heteroatoms. The Morgan fingerprint density at radius 2 is 1.76 bits per heavy atom. The summed E-state index contributed by atoms with van der Waals surface area (Å²) in [6.07, 6.45) is 1.87. The van der Waals surface area contributed by atoms with Gasteiger partial charge in [-0.25, -0.2) is 4.98 Å². The van der Waals surface area contributed by atoms with Crippen LogP contribution in [0.4, 0.5) is 0 Å². The van der Waals surface area contributed by atoms with Gasteiger partial charge in [0.05, 0.1) is 5.39 Å². The molecule has 0 unspecified atom stereocenters. The number of Topliss-reactive ketones (excluding diaryl/α,β-unsaturated/α-hetero) is 1. The van der Waals surface area contributed by atoms with Gasteiger partial charge in [-0.1, -0.05) is 58.9 Å². The Hall–Kier alpha value is -2.27. The molecule has 3 rings (SSSR count). The molecule has 29 heavy (non-hydrogen) atoms. The molecule has 0 bridgehead atoms. The number of thiophene rings is 1. The summed E-state index contributed by atoms with van der Waals surface area (Å²) in [4.78, 5) is 31.8. The predicted molar refractivity (Wildman–Crippen MR) is 122 cm³/mol. The van der Waals surface area contributed by atoms with Gasteiger partial charge in [0, 0.05) is 29.8 Å². The minimum Gasteiger partial charge on any atom is -0.300 e. The Kier molecular flexibility index (Phi) is 6.08. The van der Waals surface area contributed by atoms with E-state index in [-0.39, 0.29) is 16.8 Å². The molecule has 0 fully saturated rings. The first-order valence-electron chi connectivity index (χ1n) is 10.3. The van der Waals surface area contributed by atoms with E-state index in [0.29, 0.717) is 24.8 Å². The molecule has 1 aromatic carbocycles. The fourth-order valence-electron chi connectivity index (χ4n) is 3.63. The van der Waals surface area contributed by atoms with Crippen LogP contribution >= 0.6 is 11.3 Å². The highest BCUT2D eigenvalue weighted by Gasteiger charge is 2.21. The standard InChI is InChI=1S/C24H30N2O2S/c1-7-18-20(16-9-11-17(12-10-16)24(4,5)6)21-22(29-18)25-19(8-2)26(23(21)28)14-13-15(3)27/h9-12H,7-8,13-14H2,1-6H3. The van der Waals surface area contributed by atoms with Gasteiger partial charge in [0.25, 0.3) is 5.56 Å². The lowest BCUT2D eigenvalue weighted by Gasteiger charge is -2.19. The number of carbonyl (C=O) groups is 1. The van der Waals surface area contributed by atoms with Crippen molar-refractivity contribution in [2.45, 2.75) is 72.8 Å². The minimum absolute atomic E-state index is 0.0288. The van der Waals surface area contributed by atoms with Crippen LogP contribution in [0.3, 0.4) is 0 Å². The molecule has 0 aliphatic carbocycles. The Morgan fingerprint density at radius 3 is 2.28 bits per heavy atom. The number of benzene rings is 1. The molecule has 0 spiro atoms. The molecule has 0 radical (unpaired) electrons. The first-order valence-corrected chi connectivity index (χ1v) is 11.1. The summed E-state index contributed by atoms with van der Waals surface area (Å²) < 4.78 is 1.70. The van der Waals surface area contributed by atoms with Gasteiger partial charge >= 0.3 is 0 Å². The number of ketones is 1. The number of aromatic nitrogens is 2. The van der Waals surface area contributed by atoms with E-state index >= 15 is 0 Å². The van der Waals surface area contributed by atoms with Gasteiger partial charge in [0.2, 0.25) is 0 Å². The average Bonchev–Trinajstić information content (AvgIpc) is 3.05. The fraction of sp³-hybridized carbons (Fsp3) is 0.458. The van der Waals surface area contributed by atoms with E-state index in [1.807, 2.05) is 6.92 Å². The Labute approximate surface area is 176 Å². The lowest BCUT2D eigenvalue weighted by atomic mass is 9.86. The SMILES string of the molecule is CCc1sc2nc(CC)n(CCC(C)=O)c(=O)c2c1-c1ccc(C(C)(C)C)cc1. The first-order chi connectivity index (χ1) is 13.7. The summed E-state index contributed by atoms with van der Waals surface area (Å²) in [6, 6.07) is 8.55. The third-order valence-electron chi connectivity index (χ3n) is 5.33. The van der Waals surface area contributed by atoms with Crippen LogP contribution in [0, 0.1) is 0 Å². The molecule has 154 valence electrons. The molecule has 0 saturated carbocycles. The summed E-state index contributed by atoms with van der Waals surface area (Å²) in [6.45, 7) is 12.7. The number of hydrogen-bond donors (Lipinski definition) is 0. The highest BCUT2D eigenvalue weighted by Crippen LogP contribution is 2.37. The van der Waals surface area contributed by atoms with Crippen molar-refractivity contribution in [3.63, 3.8) is 0 Å². The summed E-state index contributed by atoms with van der Waals surface area (Å²) >= 11 is 1.61. The van der Waals surface area contributed by atoms with Crippen LogP contribution in [-0.4, -0.2) is 15.3 Å².